The summed E-state index contributed by atoms with van der Waals surface area (Å²) in [5, 5.41) is 9.82. The monoisotopic (exact) mass is 307 g/mol. The van der Waals surface area contributed by atoms with Gasteiger partial charge in [-0.1, -0.05) is 36.4 Å². The van der Waals surface area contributed by atoms with Crippen molar-refractivity contribution in [1.29, 1.82) is 0 Å². The van der Waals surface area contributed by atoms with Crippen molar-refractivity contribution in [1.82, 2.24) is 4.90 Å². The van der Waals surface area contributed by atoms with E-state index in [-0.39, 0.29) is 17.1 Å². The number of hydrogen-bond acceptors (Lipinski definition) is 2. The van der Waals surface area contributed by atoms with E-state index in [1.807, 2.05) is 24.0 Å². The van der Waals surface area contributed by atoms with Gasteiger partial charge < -0.3 is 10.0 Å². The van der Waals surface area contributed by atoms with Crippen LogP contribution in [-0.4, -0.2) is 22.5 Å². The maximum absolute atomic E-state index is 12.7. The lowest BCUT2D eigenvalue weighted by atomic mass is 9.87. The number of aromatic hydroxyl groups is 1. The molecule has 23 heavy (non-hydrogen) atoms. The lowest BCUT2D eigenvalue weighted by Gasteiger charge is -2.35. The van der Waals surface area contributed by atoms with E-state index in [0.717, 1.165) is 17.7 Å². The number of rotatable bonds is 2. The molecule has 3 heteroatoms. The molecule has 0 aromatic heterocycles. The quantitative estimate of drug-likeness (QED) is 0.924. The van der Waals surface area contributed by atoms with E-state index in [1.54, 1.807) is 6.07 Å². The second kappa shape index (κ2) is 5.12. The Labute approximate surface area is 136 Å². The molecule has 0 saturated heterocycles. The first-order valence-electron chi connectivity index (χ1n) is 8.22. The van der Waals surface area contributed by atoms with E-state index in [2.05, 4.69) is 24.3 Å². The fourth-order valence-electron chi connectivity index (χ4n) is 3.69. The SMILES string of the molecule is Cc1ccc(CC(=O)N2Cc3ccccc3C3(CC3)C2)cc1O. The molecule has 1 amide bonds. The van der Waals surface area contributed by atoms with Crippen LogP contribution in [0.2, 0.25) is 0 Å². The Balaban J connectivity index is 1.55. The number of hydrogen-bond donors (Lipinski definition) is 1. The summed E-state index contributed by atoms with van der Waals surface area (Å²) < 4.78 is 0. The van der Waals surface area contributed by atoms with Gasteiger partial charge in [0.05, 0.1) is 6.42 Å². The largest absolute Gasteiger partial charge is 0.508 e. The molecule has 2 aromatic carbocycles. The van der Waals surface area contributed by atoms with Crippen molar-refractivity contribution >= 4 is 5.91 Å². The topological polar surface area (TPSA) is 40.5 Å². The summed E-state index contributed by atoms with van der Waals surface area (Å²) in [7, 11) is 0. The third-order valence-corrected chi connectivity index (χ3v) is 5.28. The van der Waals surface area contributed by atoms with Crippen molar-refractivity contribution < 1.29 is 9.90 Å². The molecule has 0 unspecified atom stereocenters. The molecule has 0 atom stereocenters. The first-order chi connectivity index (χ1) is 11.1. The number of nitrogens with zero attached hydrogens (tertiary/aromatic N) is 1. The van der Waals surface area contributed by atoms with Crippen LogP contribution < -0.4 is 0 Å². The van der Waals surface area contributed by atoms with Gasteiger partial charge in [0.1, 0.15) is 5.75 Å². The van der Waals surface area contributed by atoms with Crippen LogP contribution >= 0.6 is 0 Å². The highest BCUT2D eigenvalue weighted by Gasteiger charge is 2.49. The molecule has 1 aliphatic heterocycles. The number of carbonyl (C=O) groups is 1. The van der Waals surface area contributed by atoms with Gasteiger partial charge in [-0.3, -0.25) is 4.79 Å². The first-order valence-corrected chi connectivity index (χ1v) is 8.22. The second-order valence-corrected chi connectivity index (χ2v) is 6.98. The predicted octanol–water partition coefficient (Wildman–Crippen LogP) is 3.32. The average Bonchev–Trinajstić information content (AvgIpc) is 3.31. The van der Waals surface area contributed by atoms with Gasteiger partial charge in [-0.05, 0) is 48.1 Å². The molecule has 3 nitrogen and oxygen atoms in total. The summed E-state index contributed by atoms with van der Waals surface area (Å²) in [6, 6.07) is 14.0. The van der Waals surface area contributed by atoms with Gasteiger partial charge in [0.15, 0.2) is 0 Å². The van der Waals surface area contributed by atoms with Crippen LogP contribution in [0.4, 0.5) is 0 Å². The number of phenolic OH excluding ortho intramolecular Hbond substituents is 1. The lowest BCUT2D eigenvalue weighted by molar-refractivity contribution is -0.132. The summed E-state index contributed by atoms with van der Waals surface area (Å²) >= 11 is 0. The van der Waals surface area contributed by atoms with Crippen molar-refractivity contribution in [2.24, 2.45) is 0 Å². The minimum absolute atomic E-state index is 0.147. The van der Waals surface area contributed by atoms with Gasteiger partial charge in [0, 0.05) is 18.5 Å². The van der Waals surface area contributed by atoms with Crippen LogP contribution in [0.15, 0.2) is 42.5 Å². The third-order valence-electron chi connectivity index (χ3n) is 5.28. The van der Waals surface area contributed by atoms with Crippen LogP contribution in [0.1, 0.15) is 35.1 Å². The summed E-state index contributed by atoms with van der Waals surface area (Å²) in [4.78, 5) is 14.7. The predicted molar refractivity (Wildman–Crippen MR) is 89.3 cm³/mol. The van der Waals surface area contributed by atoms with Crippen molar-refractivity contribution in [3.63, 3.8) is 0 Å². The fraction of sp³-hybridized carbons (Fsp3) is 0.350. The summed E-state index contributed by atoms with van der Waals surface area (Å²) in [6.45, 7) is 3.40. The minimum Gasteiger partial charge on any atom is -0.508 e. The third kappa shape index (κ3) is 2.50. The van der Waals surface area contributed by atoms with Gasteiger partial charge >= 0.3 is 0 Å². The van der Waals surface area contributed by atoms with Crippen molar-refractivity contribution in [3.8, 4) is 5.75 Å². The first kappa shape index (κ1) is 14.3. The number of carbonyl (C=O) groups excluding carboxylic acids is 1. The Kier molecular flexibility index (Phi) is 3.19. The number of fused-ring (bicyclic) bond motifs is 2. The Morgan fingerprint density at radius 2 is 2.00 bits per heavy atom. The van der Waals surface area contributed by atoms with Gasteiger partial charge in [0.2, 0.25) is 5.91 Å². The van der Waals surface area contributed by atoms with E-state index in [4.69, 9.17) is 0 Å². The van der Waals surface area contributed by atoms with Gasteiger partial charge in [0.25, 0.3) is 0 Å². The van der Waals surface area contributed by atoms with Crippen LogP contribution in [-0.2, 0) is 23.2 Å². The van der Waals surface area contributed by atoms with Crippen LogP contribution in [0.3, 0.4) is 0 Å². The van der Waals surface area contributed by atoms with Crippen molar-refractivity contribution in [3.05, 3.63) is 64.7 Å². The Hall–Kier alpha value is -2.29. The van der Waals surface area contributed by atoms with E-state index in [1.165, 1.54) is 24.0 Å². The van der Waals surface area contributed by atoms with Gasteiger partial charge in [-0.15, -0.1) is 0 Å². The highest BCUT2D eigenvalue weighted by atomic mass is 16.3. The molecule has 118 valence electrons. The van der Waals surface area contributed by atoms with Crippen LogP contribution in [0.5, 0.6) is 5.75 Å². The van der Waals surface area contributed by atoms with Gasteiger partial charge in [-0.25, -0.2) is 0 Å². The van der Waals surface area contributed by atoms with E-state index >= 15 is 0 Å². The zero-order chi connectivity index (χ0) is 16.0. The molecule has 2 aliphatic rings. The Morgan fingerprint density at radius 1 is 1.22 bits per heavy atom. The number of benzene rings is 2. The Morgan fingerprint density at radius 3 is 2.74 bits per heavy atom. The van der Waals surface area contributed by atoms with Crippen LogP contribution in [0.25, 0.3) is 0 Å². The van der Waals surface area contributed by atoms with Gasteiger partial charge in [-0.2, -0.15) is 0 Å². The zero-order valence-electron chi connectivity index (χ0n) is 13.4. The summed E-state index contributed by atoms with van der Waals surface area (Å²) in [5.41, 5.74) is 4.65. The maximum Gasteiger partial charge on any atom is 0.227 e. The fourth-order valence-corrected chi connectivity index (χ4v) is 3.69. The second-order valence-electron chi connectivity index (χ2n) is 6.98. The molecular weight excluding hydrogens is 286 g/mol. The summed E-state index contributed by atoms with van der Waals surface area (Å²) in [5.74, 6) is 0.409. The summed E-state index contributed by atoms with van der Waals surface area (Å²) in [6.07, 6.45) is 2.71. The average molecular weight is 307 g/mol. The lowest BCUT2D eigenvalue weighted by Crippen LogP contribution is -2.42. The van der Waals surface area contributed by atoms with E-state index in [9.17, 15) is 9.90 Å². The molecule has 1 N–H and O–H groups in total. The minimum atomic E-state index is 0.147. The molecule has 1 heterocycles. The maximum atomic E-state index is 12.7. The normalized spacial score (nSPS) is 17.9. The molecule has 0 bridgehead atoms. The van der Waals surface area contributed by atoms with Crippen molar-refractivity contribution in [2.45, 2.75) is 38.1 Å². The van der Waals surface area contributed by atoms with Crippen LogP contribution in [0, 0.1) is 6.92 Å². The van der Waals surface area contributed by atoms with E-state index in [0.29, 0.717) is 13.0 Å². The zero-order valence-corrected chi connectivity index (χ0v) is 13.4. The molecule has 1 spiro atoms. The van der Waals surface area contributed by atoms with Crippen molar-refractivity contribution in [2.75, 3.05) is 6.54 Å². The Bertz CT molecular complexity index is 777. The highest BCUT2D eigenvalue weighted by Crippen LogP contribution is 2.52. The van der Waals surface area contributed by atoms with E-state index < -0.39 is 0 Å². The molecule has 0 radical (unpaired) electrons. The number of aryl methyl sites for hydroxylation is 1. The molecule has 1 saturated carbocycles. The molecule has 1 fully saturated rings. The molecule has 2 aromatic rings. The molecular formula is C20H21NO2. The molecule has 4 rings (SSSR count). The number of amides is 1. The smallest absolute Gasteiger partial charge is 0.227 e. The standard InChI is InChI=1S/C20H21NO2/c1-14-6-7-15(10-18(14)22)11-19(23)21-12-16-4-2-3-5-17(16)20(13-21)8-9-20/h2-7,10,22H,8-9,11-13H2,1H3. The highest BCUT2D eigenvalue weighted by molar-refractivity contribution is 5.79. The molecule has 1 aliphatic carbocycles. The number of phenols is 1.